The van der Waals surface area contributed by atoms with Crippen LogP contribution in [0.25, 0.3) is 0 Å². The summed E-state index contributed by atoms with van der Waals surface area (Å²) in [6.07, 6.45) is 3.41. The molecule has 1 aliphatic rings. The average Bonchev–Trinajstić information content (AvgIpc) is 2.48. The molecule has 1 atom stereocenters. The Hall–Kier alpha value is -1.18. The lowest BCUT2D eigenvalue weighted by Crippen LogP contribution is -2.34. The van der Waals surface area contributed by atoms with E-state index in [0.29, 0.717) is 0 Å². The summed E-state index contributed by atoms with van der Waals surface area (Å²) in [7, 11) is 0. The smallest absolute Gasteiger partial charge is 0.161 e. The predicted molar refractivity (Wildman–Crippen MR) is 69.5 cm³/mol. The van der Waals surface area contributed by atoms with Gasteiger partial charge in [0.15, 0.2) is 11.5 Å². The van der Waals surface area contributed by atoms with Crippen molar-refractivity contribution in [2.75, 3.05) is 0 Å². The van der Waals surface area contributed by atoms with Crippen molar-refractivity contribution >= 4 is 0 Å². The van der Waals surface area contributed by atoms with Crippen molar-refractivity contribution in [3.63, 3.8) is 0 Å². The Kier molecular flexibility index (Phi) is 2.64. The normalized spacial score (nSPS) is 27.3. The minimum Gasteiger partial charge on any atom is -0.504 e. The van der Waals surface area contributed by atoms with Crippen molar-refractivity contribution in [1.82, 2.24) is 0 Å². The highest BCUT2D eigenvalue weighted by Gasteiger charge is 2.47. The maximum Gasteiger partial charge on any atom is 0.161 e. The van der Waals surface area contributed by atoms with Crippen molar-refractivity contribution < 1.29 is 10.2 Å². The predicted octanol–water partition coefficient (Wildman–Crippen LogP) is 3.87. The van der Waals surface area contributed by atoms with Crippen molar-refractivity contribution in [3.05, 3.63) is 23.3 Å². The molecular weight excluding hydrogens is 212 g/mol. The van der Waals surface area contributed by atoms with Crippen molar-refractivity contribution in [1.29, 1.82) is 0 Å². The number of hydrogen-bond acceptors (Lipinski definition) is 2. The number of aryl methyl sites for hydroxylation is 1. The van der Waals surface area contributed by atoms with Gasteiger partial charge in [-0.2, -0.15) is 0 Å². The summed E-state index contributed by atoms with van der Waals surface area (Å²) in [5.41, 5.74) is 2.00. The molecule has 1 aromatic carbocycles. The first-order valence-corrected chi connectivity index (χ1v) is 6.31. The van der Waals surface area contributed by atoms with Crippen LogP contribution in [-0.2, 0) is 5.41 Å². The van der Waals surface area contributed by atoms with Gasteiger partial charge in [0.2, 0.25) is 0 Å². The highest BCUT2D eigenvalue weighted by atomic mass is 16.3. The third-order valence-corrected chi connectivity index (χ3v) is 4.80. The third-order valence-electron chi connectivity index (χ3n) is 4.80. The van der Waals surface area contributed by atoms with Crippen LogP contribution < -0.4 is 0 Å². The summed E-state index contributed by atoms with van der Waals surface area (Å²) >= 11 is 0. The molecule has 0 heterocycles. The molecule has 17 heavy (non-hydrogen) atoms. The van der Waals surface area contributed by atoms with Crippen LogP contribution in [0.5, 0.6) is 11.5 Å². The molecule has 1 saturated carbocycles. The Labute approximate surface area is 103 Å². The van der Waals surface area contributed by atoms with Gasteiger partial charge in [0.25, 0.3) is 0 Å². The van der Waals surface area contributed by atoms with Gasteiger partial charge in [0.05, 0.1) is 0 Å². The second-order valence-corrected chi connectivity index (χ2v) is 6.25. The molecule has 0 spiro atoms. The summed E-state index contributed by atoms with van der Waals surface area (Å²) in [6.45, 7) is 8.65. The average molecular weight is 234 g/mol. The van der Waals surface area contributed by atoms with Crippen molar-refractivity contribution in [2.24, 2.45) is 5.41 Å². The van der Waals surface area contributed by atoms with E-state index in [1.54, 1.807) is 6.07 Å². The van der Waals surface area contributed by atoms with Gasteiger partial charge in [-0.3, -0.25) is 0 Å². The van der Waals surface area contributed by atoms with Crippen LogP contribution in [-0.4, -0.2) is 10.2 Å². The van der Waals surface area contributed by atoms with E-state index in [1.165, 1.54) is 6.42 Å². The van der Waals surface area contributed by atoms with Crippen molar-refractivity contribution in [3.8, 4) is 11.5 Å². The zero-order chi connectivity index (χ0) is 12.8. The van der Waals surface area contributed by atoms with E-state index < -0.39 is 0 Å². The Balaban J connectivity index is 2.61. The quantitative estimate of drug-likeness (QED) is 0.724. The molecule has 1 fully saturated rings. The van der Waals surface area contributed by atoms with Crippen LogP contribution >= 0.6 is 0 Å². The van der Waals surface area contributed by atoms with Crippen LogP contribution in [0.2, 0.25) is 0 Å². The molecule has 1 aliphatic carbocycles. The SMILES string of the molecule is Cc1cc(O)c(O)c([C@]2(C)CCCC2(C)C)c1. The van der Waals surface area contributed by atoms with Gasteiger partial charge < -0.3 is 10.2 Å². The first-order chi connectivity index (χ1) is 7.78. The molecule has 0 radical (unpaired) electrons. The zero-order valence-corrected chi connectivity index (χ0v) is 11.2. The minimum atomic E-state index is -0.0550. The number of aromatic hydroxyl groups is 2. The number of hydrogen-bond donors (Lipinski definition) is 2. The molecule has 2 nitrogen and oxygen atoms in total. The molecule has 0 aromatic heterocycles. The maximum atomic E-state index is 10.1. The fourth-order valence-electron chi connectivity index (χ4n) is 3.18. The van der Waals surface area contributed by atoms with Gasteiger partial charge in [0, 0.05) is 11.0 Å². The number of benzene rings is 1. The van der Waals surface area contributed by atoms with Crippen molar-refractivity contribution in [2.45, 2.75) is 52.4 Å². The van der Waals surface area contributed by atoms with Gasteiger partial charge in [-0.1, -0.05) is 33.3 Å². The Morgan fingerprint density at radius 3 is 2.24 bits per heavy atom. The van der Waals surface area contributed by atoms with E-state index in [4.69, 9.17) is 0 Å². The summed E-state index contributed by atoms with van der Waals surface area (Å²) in [5.74, 6) is 0.0667. The second-order valence-electron chi connectivity index (χ2n) is 6.25. The minimum absolute atomic E-state index is 0.00363. The summed E-state index contributed by atoms with van der Waals surface area (Å²) < 4.78 is 0. The Morgan fingerprint density at radius 1 is 1.06 bits per heavy atom. The molecule has 0 amide bonds. The Bertz CT molecular complexity index is 448. The van der Waals surface area contributed by atoms with Gasteiger partial charge in [-0.05, 0) is 36.8 Å². The number of rotatable bonds is 1. The number of phenols is 2. The van der Waals surface area contributed by atoms with Crippen LogP contribution in [0, 0.1) is 12.3 Å². The highest BCUT2D eigenvalue weighted by molar-refractivity contribution is 5.51. The molecule has 2 heteroatoms. The van der Waals surface area contributed by atoms with Gasteiger partial charge in [-0.15, -0.1) is 0 Å². The molecule has 2 N–H and O–H groups in total. The van der Waals surface area contributed by atoms with E-state index in [1.807, 2.05) is 13.0 Å². The van der Waals surface area contributed by atoms with Crippen LogP contribution in [0.4, 0.5) is 0 Å². The van der Waals surface area contributed by atoms with Gasteiger partial charge in [-0.25, -0.2) is 0 Å². The fraction of sp³-hybridized carbons (Fsp3) is 0.600. The molecule has 0 saturated heterocycles. The molecule has 1 aromatic rings. The zero-order valence-electron chi connectivity index (χ0n) is 11.2. The van der Waals surface area contributed by atoms with Crippen LogP contribution in [0.15, 0.2) is 12.1 Å². The highest BCUT2D eigenvalue weighted by Crippen LogP contribution is 2.56. The molecule has 0 unspecified atom stereocenters. The molecule has 94 valence electrons. The number of phenolic OH excluding ortho intramolecular Hbond substituents is 2. The van der Waals surface area contributed by atoms with E-state index in [0.717, 1.165) is 24.0 Å². The first kappa shape index (κ1) is 12.3. The summed E-state index contributed by atoms with van der Waals surface area (Å²) in [6, 6.07) is 3.63. The van der Waals surface area contributed by atoms with Crippen LogP contribution in [0.3, 0.4) is 0 Å². The molecule has 2 rings (SSSR count). The van der Waals surface area contributed by atoms with E-state index in [-0.39, 0.29) is 22.3 Å². The fourth-order valence-corrected chi connectivity index (χ4v) is 3.18. The maximum absolute atomic E-state index is 10.1. The monoisotopic (exact) mass is 234 g/mol. The lowest BCUT2D eigenvalue weighted by molar-refractivity contribution is 0.217. The standard InChI is InChI=1S/C15H22O2/c1-10-8-11(13(17)12(16)9-10)15(4)7-5-6-14(15,2)3/h8-9,16-17H,5-7H2,1-4H3/t15-/m0/s1. The van der Waals surface area contributed by atoms with Gasteiger partial charge >= 0.3 is 0 Å². The van der Waals surface area contributed by atoms with Gasteiger partial charge in [0.1, 0.15) is 0 Å². The van der Waals surface area contributed by atoms with E-state index in [2.05, 4.69) is 20.8 Å². The van der Waals surface area contributed by atoms with E-state index >= 15 is 0 Å². The molecular formula is C15H22O2. The molecule has 0 aliphatic heterocycles. The Morgan fingerprint density at radius 2 is 1.71 bits per heavy atom. The summed E-state index contributed by atoms with van der Waals surface area (Å²) in [5, 5.41) is 19.9. The lowest BCUT2D eigenvalue weighted by atomic mass is 9.65. The molecule has 0 bridgehead atoms. The first-order valence-electron chi connectivity index (χ1n) is 6.31. The summed E-state index contributed by atoms with van der Waals surface area (Å²) in [4.78, 5) is 0. The third kappa shape index (κ3) is 1.70. The van der Waals surface area contributed by atoms with E-state index in [9.17, 15) is 10.2 Å². The topological polar surface area (TPSA) is 40.5 Å². The largest absolute Gasteiger partial charge is 0.504 e. The lowest BCUT2D eigenvalue weighted by Gasteiger charge is -2.39. The van der Waals surface area contributed by atoms with Crippen LogP contribution in [0.1, 0.15) is 51.2 Å². The second kappa shape index (κ2) is 3.66.